The molecule has 2 amide bonds. The number of hydrogen-bond acceptors (Lipinski definition) is 3. The van der Waals surface area contributed by atoms with Crippen molar-refractivity contribution < 1.29 is 62.3 Å². The molecule has 42 heavy (non-hydrogen) atoms. The molecule has 3 N–H and O–H groups in total. The number of anilines is 1. The Labute approximate surface area is 240 Å². The molecule has 1 aromatic heterocycles. The van der Waals surface area contributed by atoms with Crippen LogP contribution in [-0.4, -0.2) is 35.1 Å². The molecule has 0 aliphatic heterocycles. The van der Waals surface area contributed by atoms with E-state index in [4.69, 9.17) is 5.73 Å². The first-order valence-corrected chi connectivity index (χ1v) is 11.9. The molecule has 18 heteroatoms. The molecule has 3 rings (SSSR count). The highest BCUT2D eigenvalue weighted by atomic mass is 127. The zero-order valence-electron chi connectivity index (χ0n) is 20.0. The Morgan fingerprint density at radius 1 is 0.810 bits per heavy atom. The van der Waals surface area contributed by atoms with E-state index in [1.54, 1.807) is 5.32 Å². The third kappa shape index (κ3) is 5.84. The van der Waals surface area contributed by atoms with Crippen molar-refractivity contribution in [3.05, 3.63) is 80.6 Å². The molecule has 0 saturated carbocycles. The third-order valence-corrected chi connectivity index (χ3v) is 6.53. The number of nitrogens with one attached hydrogen (secondary N) is 1. The number of pyridine rings is 1. The van der Waals surface area contributed by atoms with Crippen molar-refractivity contribution in [2.75, 3.05) is 5.32 Å². The zero-order valence-corrected chi connectivity index (χ0v) is 22.1. The van der Waals surface area contributed by atoms with Gasteiger partial charge in [0.2, 0.25) is 0 Å². The molecule has 226 valence electrons. The molecule has 0 aliphatic rings. The molecule has 2 aromatic carbocycles. The van der Waals surface area contributed by atoms with E-state index >= 15 is 0 Å². The van der Waals surface area contributed by atoms with Gasteiger partial charge in [-0.15, -0.1) is 0 Å². The second kappa shape index (κ2) is 10.9. The summed E-state index contributed by atoms with van der Waals surface area (Å²) in [5, 5.41) is 1.71. The smallest absolute Gasteiger partial charge is 0.366 e. The Balaban J connectivity index is 2.16. The average molecular weight is 729 g/mol. The summed E-state index contributed by atoms with van der Waals surface area (Å²) in [6, 6.07) is 6.09. The Morgan fingerprint density at radius 2 is 1.43 bits per heavy atom. The fraction of sp³-hybridized carbons (Fsp3) is 0.208. The van der Waals surface area contributed by atoms with Gasteiger partial charge in [-0.25, -0.2) is 4.39 Å². The number of amides is 2. The van der Waals surface area contributed by atoms with Gasteiger partial charge in [0.25, 0.3) is 11.8 Å². The standard InChI is InChI=1S/C24H12F12IN3O2/c25-20(23(31,32)33,22(29,30)24(34,35)36)12-8-14(21(26,27)28)17(15(37)9-12)40-19(42)11-4-1-3-10(7-11)16-13(18(38)41)5-2-6-39-16/h1-9H,(H2,38,41)(H,40,42). The number of nitrogens with zero attached hydrogens (tertiary/aromatic N) is 1. The molecule has 0 bridgehead atoms. The minimum atomic E-state index is -7.22. The first-order valence-electron chi connectivity index (χ1n) is 10.8. The van der Waals surface area contributed by atoms with Crippen LogP contribution in [0.1, 0.15) is 31.8 Å². The molecule has 0 saturated heterocycles. The van der Waals surface area contributed by atoms with Crippen LogP contribution in [-0.2, 0) is 11.8 Å². The molecule has 1 unspecified atom stereocenters. The summed E-state index contributed by atoms with van der Waals surface area (Å²) in [6.07, 6.45) is -18.7. The van der Waals surface area contributed by atoms with Crippen LogP contribution in [0.3, 0.4) is 0 Å². The van der Waals surface area contributed by atoms with E-state index < -0.39 is 73.9 Å². The zero-order chi connectivity index (χ0) is 32.1. The first kappa shape index (κ1) is 32.9. The number of halogens is 13. The lowest BCUT2D eigenvalue weighted by molar-refractivity contribution is -0.389. The van der Waals surface area contributed by atoms with E-state index in [1.807, 2.05) is 0 Å². The molecule has 0 spiro atoms. The fourth-order valence-corrected chi connectivity index (χ4v) is 4.46. The monoisotopic (exact) mass is 729 g/mol. The first-order chi connectivity index (χ1) is 19.0. The topological polar surface area (TPSA) is 85.1 Å². The van der Waals surface area contributed by atoms with Gasteiger partial charge in [0.1, 0.15) is 0 Å². The average Bonchev–Trinajstić information content (AvgIpc) is 2.87. The van der Waals surface area contributed by atoms with Crippen molar-refractivity contribution in [2.24, 2.45) is 5.73 Å². The Bertz CT molecular complexity index is 1540. The van der Waals surface area contributed by atoms with Gasteiger partial charge in [0.15, 0.2) is 0 Å². The predicted molar refractivity (Wildman–Crippen MR) is 130 cm³/mol. The number of alkyl halides is 12. The van der Waals surface area contributed by atoms with Crippen LogP contribution in [0.5, 0.6) is 0 Å². The predicted octanol–water partition coefficient (Wildman–Crippen LogP) is 7.65. The number of carbonyl (C=O) groups excluding carboxylic acids is 2. The van der Waals surface area contributed by atoms with Crippen LogP contribution in [0.15, 0.2) is 54.7 Å². The maximum Gasteiger partial charge on any atom is 0.457 e. The highest BCUT2D eigenvalue weighted by Gasteiger charge is 2.82. The van der Waals surface area contributed by atoms with Crippen LogP contribution in [0.4, 0.5) is 58.4 Å². The third-order valence-electron chi connectivity index (χ3n) is 5.68. The van der Waals surface area contributed by atoms with Gasteiger partial charge in [0, 0.05) is 26.5 Å². The minimum Gasteiger partial charge on any atom is -0.366 e. The highest BCUT2D eigenvalue weighted by molar-refractivity contribution is 14.1. The van der Waals surface area contributed by atoms with Gasteiger partial charge >= 0.3 is 30.1 Å². The quantitative estimate of drug-likeness (QED) is 0.202. The molecule has 0 fully saturated rings. The lowest BCUT2D eigenvalue weighted by atomic mass is 9.86. The number of primary amides is 1. The van der Waals surface area contributed by atoms with E-state index in [2.05, 4.69) is 4.98 Å². The van der Waals surface area contributed by atoms with Gasteiger partial charge in [-0.1, -0.05) is 12.1 Å². The maximum atomic E-state index is 14.9. The summed E-state index contributed by atoms with van der Waals surface area (Å²) >= 11 is 0.813. The number of aromatic nitrogens is 1. The molecule has 1 atom stereocenters. The molecule has 0 aliphatic carbocycles. The summed E-state index contributed by atoms with van der Waals surface area (Å²) in [6.45, 7) is 0. The van der Waals surface area contributed by atoms with Crippen LogP contribution in [0.25, 0.3) is 11.3 Å². The van der Waals surface area contributed by atoms with Crippen molar-refractivity contribution in [3.8, 4) is 11.3 Å². The van der Waals surface area contributed by atoms with Gasteiger partial charge in [-0.3, -0.25) is 14.6 Å². The highest BCUT2D eigenvalue weighted by Crippen LogP contribution is 2.59. The summed E-state index contributed by atoms with van der Waals surface area (Å²) in [5.74, 6) is -9.51. The van der Waals surface area contributed by atoms with Crippen LogP contribution in [0, 0.1) is 3.57 Å². The van der Waals surface area contributed by atoms with Crippen molar-refractivity contribution in [2.45, 2.75) is 30.1 Å². The lowest BCUT2D eigenvalue weighted by Gasteiger charge is -2.36. The van der Waals surface area contributed by atoms with Gasteiger partial charge in [0.05, 0.1) is 22.5 Å². The Morgan fingerprint density at radius 3 is 1.95 bits per heavy atom. The van der Waals surface area contributed by atoms with Crippen molar-refractivity contribution in [3.63, 3.8) is 0 Å². The summed E-state index contributed by atoms with van der Waals surface area (Å²) in [4.78, 5) is 28.5. The molecule has 3 aromatic rings. The maximum absolute atomic E-state index is 14.9. The number of hydrogen-bond donors (Lipinski definition) is 2. The van der Waals surface area contributed by atoms with Gasteiger partial charge in [-0.05, 0) is 59.0 Å². The molecule has 5 nitrogen and oxygen atoms in total. The van der Waals surface area contributed by atoms with E-state index in [9.17, 15) is 62.3 Å². The minimum absolute atomic E-state index is 0.0356. The normalized spacial score (nSPS) is 14.3. The van der Waals surface area contributed by atoms with E-state index in [1.165, 1.54) is 30.5 Å². The number of carbonyl (C=O) groups is 2. The van der Waals surface area contributed by atoms with Gasteiger partial charge < -0.3 is 11.1 Å². The van der Waals surface area contributed by atoms with Crippen LogP contribution < -0.4 is 11.1 Å². The lowest BCUT2D eigenvalue weighted by Crippen LogP contribution is -2.59. The summed E-state index contributed by atoms with van der Waals surface area (Å²) < 4.78 is 162. The van der Waals surface area contributed by atoms with Crippen molar-refractivity contribution in [1.29, 1.82) is 0 Å². The second-order valence-corrected chi connectivity index (χ2v) is 9.57. The fourth-order valence-electron chi connectivity index (χ4n) is 3.70. The SMILES string of the molecule is NC(=O)c1cccnc1-c1cccc(C(=O)Nc2c(I)cc(C(F)(C(F)(F)F)C(F)(F)C(F)(F)F)cc2C(F)(F)F)c1. The van der Waals surface area contributed by atoms with Crippen molar-refractivity contribution in [1.82, 2.24) is 4.98 Å². The molecular formula is C24H12F12IN3O2. The van der Waals surface area contributed by atoms with Crippen LogP contribution >= 0.6 is 22.6 Å². The van der Waals surface area contributed by atoms with E-state index in [0.29, 0.717) is 0 Å². The molecule has 1 heterocycles. The number of rotatable bonds is 6. The molecule has 0 radical (unpaired) electrons. The second-order valence-electron chi connectivity index (χ2n) is 8.41. The summed E-state index contributed by atoms with van der Waals surface area (Å²) in [5.41, 5.74) is -8.27. The van der Waals surface area contributed by atoms with E-state index in [0.717, 1.165) is 34.7 Å². The Hall–Kier alpha value is -3.58. The Kier molecular flexibility index (Phi) is 8.56. The van der Waals surface area contributed by atoms with E-state index in [-0.39, 0.29) is 22.9 Å². The van der Waals surface area contributed by atoms with Gasteiger partial charge in [-0.2, -0.15) is 48.3 Å². The van der Waals surface area contributed by atoms with Crippen molar-refractivity contribution >= 4 is 40.1 Å². The molecular weight excluding hydrogens is 717 g/mol. The van der Waals surface area contributed by atoms with Crippen LogP contribution in [0.2, 0.25) is 0 Å². The number of nitrogens with two attached hydrogens (primary N) is 1. The summed E-state index contributed by atoms with van der Waals surface area (Å²) in [7, 11) is 0. The largest absolute Gasteiger partial charge is 0.457 e. The number of benzene rings is 2.